The number of hydrogen-bond acceptors (Lipinski definition) is 2. The molecule has 0 fully saturated rings. The summed E-state index contributed by atoms with van der Waals surface area (Å²) < 4.78 is 6.26. The molecule has 0 saturated carbocycles. The van der Waals surface area contributed by atoms with Crippen molar-refractivity contribution < 1.29 is 9.53 Å². The molecule has 0 heterocycles. The van der Waals surface area contributed by atoms with Crippen LogP contribution in [0.3, 0.4) is 0 Å². The molecule has 2 rings (SSSR count). The number of halogens is 1. The SMILES string of the molecule is COc1ccc(Br)cc1CC(=O)c1ccc(C)cc1C. The highest BCUT2D eigenvalue weighted by atomic mass is 79.9. The molecule has 0 aromatic heterocycles. The standard InChI is InChI=1S/C17H17BrO2/c1-11-4-6-15(12(2)8-11)16(19)10-13-9-14(18)5-7-17(13)20-3/h4-9H,10H2,1-3H3. The van der Waals surface area contributed by atoms with E-state index < -0.39 is 0 Å². The van der Waals surface area contributed by atoms with E-state index in [1.54, 1.807) is 7.11 Å². The molecule has 104 valence electrons. The number of Topliss-reactive ketones (excluding diaryl/α,β-unsaturated/α-hetero) is 1. The van der Waals surface area contributed by atoms with Crippen LogP contribution in [0.25, 0.3) is 0 Å². The molecule has 0 amide bonds. The van der Waals surface area contributed by atoms with Crippen LogP contribution in [-0.4, -0.2) is 12.9 Å². The fourth-order valence-electron chi connectivity index (χ4n) is 2.28. The maximum atomic E-state index is 12.5. The lowest BCUT2D eigenvalue weighted by molar-refractivity contribution is 0.0991. The third-order valence-electron chi connectivity index (χ3n) is 3.28. The van der Waals surface area contributed by atoms with Crippen LogP contribution < -0.4 is 4.74 Å². The normalized spacial score (nSPS) is 10.4. The molecule has 0 spiro atoms. The van der Waals surface area contributed by atoms with E-state index in [4.69, 9.17) is 4.74 Å². The zero-order valence-corrected chi connectivity index (χ0v) is 13.5. The van der Waals surface area contributed by atoms with E-state index in [2.05, 4.69) is 15.9 Å². The Kier molecular flexibility index (Phi) is 4.61. The fraction of sp³-hybridized carbons (Fsp3) is 0.235. The molecular weight excluding hydrogens is 316 g/mol. The van der Waals surface area contributed by atoms with Gasteiger partial charge in [-0.25, -0.2) is 0 Å². The summed E-state index contributed by atoms with van der Waals surface area (Å²) in [4.78, 5) is 12.5. The average molecular weight is 333 g/mol. The Morgan fingerprint density at radius 2 is 1.90 bits per heavy atom. The molecule has 20 heavy (non-hydrogen) atoms. The molecular formula is C17H17BrO2. The number of ether oxygens (including phenoxy) is 1. The van der Waals surface area contributed by atoms with Crippen LogP contribution in [0.1, 0.15) is 27.0 Å². The Labute approximate surface area is 127 Å². The lowest BCUT2D eigenvalue weighted by atomic mass is 9.97. The Bertz CT molecular complexity index is 647. The van der Waals surface area contributed by atoms with Crippen molar-refractivity contribution in [3.63, 3.8) is 0 Å². The van der Waals surface area contributed by atoms with Crippen LogP contribution in [0, 0.1) is 13.8 Å². The van der Waals surface area contributed by atoms with Gasteiger partial charge >= 0.3 is 0 Å². The predicted molar refractivity (Wildman–Crippen MR) is 84.6 cm³/mol. The number of methoxy groups -OCH3 is 1. The number of carbonyl (C=O) groups is 1. The van der Waals surface area contributed by atoms with Gasteiger partial charge in [0.25, 0.3) is 0 Å². The van der Waals surface area contributed by atoms with Gasteiger partial charge < -0.3 is 4.74 Å². The molecule has 0 bridgehead atoms. The molecule has 2 aromatic carbocycles. The van der Waals surface area contributed by atoms with E-state index in [-0.39, 0.29) is 5.78 Å². The van der Waals surface area contributed by atoms with Crippen LogP contribution >= 0.6 is 15.9 Å². The fourth-order valence-corrected chi connectivity index (χ4v) is 2.69. The topological polar surface area (TPSA) is 26.3 Å². The molecule has 0 N–H and O–H groups in total. The van der Waals surface area contributed by atoms with E-state index >= 15 is 0 Å². The van der Waals surface area contributed by atoms with Gasteiger partial charge in [-0.05, 0) is 37.6 Å². The maximum absolute atomic E-state index is 12.5. The van der Waals surface area contributed by atoms with Crippen molar-refractivity contribution in [3.05, 3.63) is 63.1 Å². The average Bonchev–Trinajstić information content (AvgIpc) is 2.38. The number of benzene rings is 2. The first-order valence-corrected chi connectivity index (χ1v) is 7.23. The molecule has 0 aliphatic carbocycles. The van der Waals surface area contributed by atoms with E-state index in [1.165, 1.54) is 5.56 Å². The number of ketones is 1. The van der Waals surface area contributed by atoms with Crippen molar-refractivity contribution in [1.29, 1.82) is 0 Å². The summed E-state index contributed by atoms with van der Waals surface area (Å²) in [5.41, 5.74) is 3.85. The van der Waals surface area contributed by atoms with Crippen LogP contribution in [0.5, 0.6) is 5.75 Å². The van der Waals surface area contributed by atoms with Crippen molar-refractivity contribution in [2.45, 2.75) is 20.3 Å². The number of rotatable bonds is 4. The third-order valence-corrected chi connectivity index (χ3v) is 3.77. The lowest BCUT2D eigenvalue weighted by Gasteiger charge is -2.10. The van der Waals surface area contributed by atoms with Gasteiger partial charge in [0.05, 0.1) is 7.11 Å². The first kappa shape index (κ1) is 14.8. The Morgan fingerprint density at radius 3 is 2.55 bits per heavy atom. The summed E-state index contributed by atoms with van der Waals surface area (Å²) in [5, 5.41) is 0. The zero-order valence-electron chi connectivity index (χ0n) is 11.9. The van der Waals surface area contributed by atoms with Gasteiger partial charge in [0.2, 0.25) is 0 Å². The van der Waals surface area contributed by atoms with Crippen LogP contribution in [-0.2, 0) is 6.42 Å². The van der Waals surface area contributed by atoms with Gasteiger partial charge in [-0.3, -0.25) is 4.79 Å². The maximum Gasteiger partial charge on any atom is 0.167 e. The van der Waals surface area contributed by atoms with Gasteiger partial charge in [-0.15, -0.1) is 0 Å². The van der Waals surface area contributed by atoms with Crippen molar-refractivity contribution in [2.75, 3.05) is 7.11 Å². The van der Waals surface area contributed by atoms with Crippen LogP contribution in [0.2, 0.25) is 0 Å². The van der Waals surface area contributed by atoms with Crippen molar-refractivity contribution in [1.82, 2.24) is 0 Å². The third kappa shape index (κ3) is 3.28. The molecule has 3 heteroatoms. The van der Waals surface area contributed by atoms with Gasteiger partial charge in [0, 0.05) is 22.0 Å². The summed E-state index contributed by atoms with van der Waals surface area (Å²) in [6.07, 6.45) is 0.340. The molecule has 0 radical (unpaired) electrons. The molecule has 2 aromatic rings. The molecule has 0 atom stereocenters. The highest BCUT2D eigenvalue weighted by molar-refractivity contribution is 9.10. The van der Waals surface area contributed by atoms with Gasteiger partial charge in [-0.1, -0.05) is 39.7 Å². The second kappa shape index (κ2) is 6.23. The molecule has 0 aliphatic rings. The monoisotopic (exact) mass is 332 g/mol. The smallest absolute Gasteiger partial charge is 0.167 e. The molecule has 0 aliphatic heterocycles. The van der Waals surface area contributed by atoms with Crippen molar-refractivity contribution in [3.8, 4) is 5.75 Å². The summed E-state index contributed by atoms with van der Waals surface area (Å²) in [7, 11) is 1.62. The van der Waals surface area contributed by atoms with Crippen LogP contribution in [0.4, 0.5) is 0 Å². The lowest BCUT2D eigenvalue weighted by Crippen LogP contribution is -2.07. The van der Waals surface area contributed by atoms with Gasteiger partial charge in [0.1, 0.15) is 5.75 Å². The van der Waals surface area contributed by atoms with Crippen molar-refractivity contribution in [2.24, 2.45) is 0 Å². The Hall–Kier alpha value is -1.61. The van der Waals surface area contributed by atoms with Crippen molar-refractivity contribution >= 4 is 21.7 Å². The minimum Gasteiger partial charge on any atom is -0.496 e. The van der Waals surface area contributed by atoms with E-state index in [1.807, 2.05) is 50.2 Å². The second-order valence-electron chi connectivity index (χ2n) is 4.87. The van der Waals surface area contributed by atoms with Gasteiger partial charge in [0.15, 0.2) is 5.78 Å². The van der Waals surface area contributed by atoms with Crippen LogP contribution in [0.15, 0.2) is 40.9 Å². The van der Waals surface area contributed by atoms with E-state index in [0.717, 1.165) is 26.9 Å². The summed E-state index contributed by atoms with van der Waals surface area (Å²) in [6.45, 7) is 4.00. The number of aryl methyl sites for hydroxylation is 2. The zero-order chi connectivity index (χ0) is 14.7. The number of carbonyl (C=O) groups excluding carboxylic acids is 1. The van der Waals surface area contributed by atoms with Gasteiger partial charge in [-0.2, -0.15) is 0 Å². The first-order chi connectivity index (χ1) is 9.51. The highest BCUT2D eigenvalue weighted by Gasteiger charge is 2.13. The Morgan fingerprint density at radius 1 is 1.15 bits per heavy atom. The summed E-state index contributed by atoms with van der Waals surface area (Å²) in [5.74, 6) is 0.852. The minimum atomic E-state index is 0.110. The summed E-state index contributed by atoms with van der Waals surface area (Å²) in [6, 6.07) is 11.6. The Balaban J connectivity index is 2.30. The van der Waals surface area contributed by atoms with E-state index in [9.17, 15) is 4.79 Å². The summed E-state index contributed by atoms with van der Waals surface area (Å²) >= 11 is 3.43. The first-order valence-electron chi connectivity index (χ1n) is 6.44. The molecule has 2 nitrogen and oxygen atoms in total. The predicted octanol–water partition coefficient (Wildman–Crippen LogP) is 4.50. The molecule has 0 unspecified atom stereocenters. The minimum absolute atomic E-state index is 0.110. The number of hydrogen-bond donors (Lipinski definition) is 0. The molecule has 0 saturated heterocycles. The van der Waals surface area contributed by atoms with E-state index in [0.29, 0.717) is 6.42 Å². The highest BCUT2D eigenvalue weighted by Crippen LogP contribution is 2.25. The largest absolute Gasteiger partial charge is 0.496 e. The quantitative estimate of drug-likeness (QED) is 0.770. The second-order valence-corrected chi connectivity index (χ2v) is 5.79.